The number of nitrogens with one attached hydrogen (secondary N) is 1. The van der Waals surface area contributed by atoms with Crippen LogP contribution in [0, 0.1) is 11.7 Å². The predicted octanol–water partition coefficient (Wildman–Crippen LogP) is 3.65. The molecule has 18 heavy (non-hydrogen) atoms. The van der Waals surface area contributed by atoms with Crippen molar-refractivity contribution >= 4 is 27.3 Å². The third-order valence-corrected chi connectivity index (χ3v) is 3.10. The second kappa shape index (κ2) is 7.59. The Morgan fingerprint density at radius 1 is 1.39 bits per heavy atom. The smallest absolute Gasteiger partial charge is 0.139 e. The summed E-state index contributed by atoms with van der Waals surface area (Å²) < 4.78 is 19.1. The number of hydrogen-bond donors (Lipinski definition) is 2. The van der Waals surface area contributed by atoms with Crippen LogP contribution in [-0.4, -0.2) is 19.8 Å². The third kappa shape index (κ3) is 5.23. The van der Waals surface area contributed by atoms with Crippen molar-refractivity contribution in [3.8, 4) is 0 Å². The van der Waals surface area contributed by atoms with E-state index in [9.17, 15) is 4.39 Å². The van der Waals surface area contributed by atoms with Crippen LogP contribution in [0.2, 0.25) is 0 Å². The molecule has 0 saturated carbocycles. The number of ether oxygens (including phenoxy) is 1. The molecule has 5 heteroatoms. The first-order valence-electron chi connectivity index (χ1n) is 6.07. The summed E-state index contributed by atoms with van der Waals surface area (Å²) in [6.45, 7) is 6.27. The van der Waals surface area contributed by atoms with E-state index in [2.05, 4.69) is 35.1 Å². The van der Waals surface area contributed by atoms with E-state index in [1.54, 1.807) is 6.07 Å². The van der Waals surface area contributed by atoms with E-state index in [4.69, 9.17) is 10.5 Å². The van der Waals surface area contributed by atoms with Gasteiger partial charge in [-0.3, -0.25) is 0 Å². The second-order valence-electron chi connectivity index (χ2n) is 4.58. The highest BCUT2D eigenvalue weighted by Crippen LogP contribution is 2.26. The summed E-state index contributed by atoms with van der Waals surface area (Å²) in [6, 6.07) is 2.94. The molecule has 0 bridgehead atoms. The fourth-order valence-corrected chi connectivity index (χ4v) is 1.76. The zero-order chi connectivity index (χ0) is 13.5. The van der Waals surface area contributed by atoms with E-state index in [1.807, 2.05) is 0 Å². The lowest BCUT2D eigenvalue weighted by atomic mass is 10.1. The summed E-state index contributed by atoms with van der Waals surface area (Å²) in [7, 11) is 0. The minimum atomic E-state index is -0.326. The fraction of sp³-hybridized carbons (Fsp3) is 0.538. The van der Waals surface area contributed by atoms with Crippen LogP contribution >= 0.6 is 15.9 Å². The van der Waals surface area contributed by atoms with Gasteiger partial charge in [0.2, 0.25) is 0 Å². The van der Waals surface area contributed by atoms with Crippen LogP contribution < -0.4 is 11.1 Å². The van der Waals surface area contributed by atoms with Crippen LogP contribution in [0.15, 0.2) is 16.6 Å². The molecule has 0 aliphatic carbocycles. The summed E-state index contributed by atoms with van der Waals surface area (Å²) in [6.07, 6.45) is 1.05. The quantitative estimate of drug-likeness (QED) is 0.596. The number of anilines is 2. The Morgan fingerprint density at radius 3 is 2.78 bits per heavy atom. The van der Waals surface area contributed by atoms with Gasteiger partial charge in [-0.2, -0.15) is 0 Å². The standard InChI is InChI=1S/C13H20BrFN2O/c1-9(2)3-5-18-6-4-17-13-8-11(15)10(14)7-12(13)16/h7-9,17H,3-6,16H2,1-2H3. The van der Waals surface area contributed by atoms with Crippen LogP contribution in [-0.2, 0) is 4.74 Å². The van der Waals surface area contributed by atoms with E-state index < -0.39 is 0 Å². The average molecular weight is 319 g/mol. The molecule has 3 N–H and O–H groups in total. The average Bonchev–Trinajstić information content (AvgIpc) is 2.29. The van der Waals surface area contributed by atoms with Crippen molar-refractivity contribution in [2.75, 3.05) is 30.8 Å². The van der Waals surface area contributed by atoms with Gasteiger partial charge in [-0.05, 0) is 34.3 Å². The molecule has 0 aliphatic rings. The van der Waals surface area contributed by atoms with Crippen LogP contribution in [0.25, 0.3) is 0 Å². The second-order valence-corrected chi connectivity index (χ2v) is 5.43. The van der Waals surface area contributed by atoms with E-state index in [1.165, 1.54) is 6.07 Å². The Bertz CT molecular complexity index is 385. The normalized spacial score (nSPS) is 10.9. The molecule has 0 spiro atoms. The molecule has 0 radical (unpaired) electrons. The van der Waals surface area contributed by atoms with Crippen molar-refractivity contribution in [3.05, 3.63) is 22.4 Å². The minimum Gasteiger partial charge on any atom is -0.397 e. The fourth-order valence-electron chi connectivity index (χ4n) is 1.39. The lowest BCUT2D eigenvalue weighted by molar-refractivity contribution is 0.132. The Morgan fingerprint density at radius 2 is 2.11 bits per heavy atom. The highest BCUT2D eigenvalue weighted by atomic mass is 79.9. The first kappa shape index (κ1) is 15.2. The van der Waals surface area contributed by atoms with Crippen molar-refractivity contribution in [1.29, 1.82) is 0 Å². The SMILES string of the molecule is CC(C)CCOCCNc1cc(F)c(Br)cc1N. The molecule has 0 aromatic heterocycles. The lowest BCUT2D eigenvalue weighted by Gasteiger charge is -2.11. The number of rotatable bonds is 7. The molecule has 1 aromatic rings. The highest BCUT2D eigenvalue weighted by molar-refractivity contribution is 9.10. The largest absolute Gasteiger partial charge is 0.397 e. The van der Waals surface area contributed by atoms with Gasteiger partial charge in [0.05, 0.1) is 22.5 Å². The van der Waals surface area contributed by atoms with Gasteiger partial charge in [-0.15, -0.1) is 0 Å². The Hall–Kier alpha value is -0.810. The topological polar surface area (TPSA) is 47.3 Å². The molecule has 0 fully saturated rings. The van der Waals surface area contributed by atoms with Crippen LogP contribution in [0.1, 0.15) is 20.3 Å². The molecule has 102 valence electrons. The van der Waals surface area contributed by atoms with E-state index in [0.29, 0.717) is 34.9 Å². The molecule has 1 aromatic carbocycles. The monoisotopic (exact) mass is 318 g/mol. The summed E-state index contributed by atoms with van der Waals surface area (Å²) in [5, 5.41) is 3.06. The van der Waals surface area contributed by atoms with E-state index in [-0.39, 0.29) is 5.82 Å². The van der Waals surface area contributed by atoms with Crippen molar-refractivity contribution in [2.24, 2.45) is 5.92 Å². The molecular weight excluding hydrogens is 299 g/mol. The van der Waals surface area contributed by atoms with Gasteiger partial charge in [-0.1, -0.05) is 13.8 Å². The summed E-state index contributed by atoms with van der Waals surface area (Å²) >= 11 is 3.09. The lowest BCUT2D eigenvalue weighted by Crippen LogP contribution is -2.12. The number of nitrogen functional groups attached to an aromatic ring is 1. The number of nitrogens with two attached hydrogens (primary N) is 1. The minimum absolute atomic E-state index is 0.326. The number of hydrogen-bond acceptors (Lipinski definition) is 3. The highest BCUT2D eigenvalue weighted by Gasteiger charge is 2.05. The van der Waals surface area contributed by atoms with Crippen LogP contribution in [0.3, 0.4) is 0 Å². The van der Waals surface area contributed by atoms with Gasteiger partial charge >= 0.3 is 0 Å². The first-order chi connectivity index (χ1) is 8.50. The molecular formula is C13H20BrFN2O. The van der Waals surface area contributed by atoms with Gasteiger partial charge < -0.3 is 15.8 Å². The van der Waals surface area contributed by atoms with Crippen molar-refractivity contribution in [1.82, 2.24) is 0 Å². The van der Waals surface area contributed by atoms with Crippen molar-refractivity contribution in [2.45, 2.75) is 20.3 Å². The van der Waals surface area contributed by atoms with Gasteiger partial charge in [0, 0.05) is 19.2 Å². The van der Waals surface area contributed by atoms with Crippen LogP contribution in [0.4, 0.5) is 15.8 Å². The van der Waals surface area contributed by atoms with Gasteiger partial charge in [-0.25, -0.2) is 4.39 Å². The number of halogens is 2. The van der Waals surface area contributed by atoms with Gasteiger partial charge in [0.15, 0.2) is 0 Å². The predicted molar refractivity (Wildman–Crippen MR) is 77.3 cm³/mol. The molecule has 0 unspecified atom stereocenters. The molecule has 0 saturated heterocycles. The summed E-state index contributed by atoms with van der Waals surface area (Å²) in [5.41, 5.74) is 6.89. The number of benzene rings is 1. The maximum Gasteiger partial charge on any atom is 0.139 e. The maximum absolute atomic E-state index is 13.3. The van der Waals surface area contributed by atoms with Crippen molar-refractivity contribution in [3.63, 3.8) is 0 Å². The van der Waals surface area contributed by atoms with Crippen LogP contribution in [0.5, 0.6) is 0 Å². The molecule has 0 atom stereocenters. The van der Waals surface area contributed by atoms with E-state index >= 15 is 0 Å². The Balaban J connectivity index is 2.29. The maximum atomic E-state index is 13.3. The molecule has 1 rings (SSSR count). The molecule has 0 aliphatic heterocycles. The molecule has 3 nitrogen and oxygen atoms in total. The van der Waals surface area contributed by atoms with Gasteiger partial charge in [0.1, 0.15) is 5.82 Å². The zero-order valence-corrected chi connectivity index (χ0v) is 12.4. The zero-order valence-electron chi connectivity index (χ0n) is 10.8. The summed E-state index contributed by atoms with van der Waals surface area (Å²) in [5.74, 6) is 0.321. The van der Waals surface area contributed by atoms with Gasteiger partial charge in [0.25, 0.3) is 0 Å². The van der Waals surface area contributed by atoms with Crippen molar-refractivity contribution < 1.29 is 9.13 Å². The Kier molecular flexibility index (Phi) is 6.43. The third-order valence-electron chi connectivity index (χ3n) is 2.49. The first-order valence-corrected chi connectivity index (χ1v) is 6.86. The molecule has 0 heterocycles. The van der Waals surface area contributed by atoms with E-state index in [0.717, 1.165) is 13.0 Å². The Labute approximate surface area is 116 Å². The summed E-state index contributed by atoms with van der Waals surface area (Å²) in [4.78, 5) is 0. The molecule has 0 amide bonds.